The van der Waals surface area contributed by atoms with Crippen molar-refractivity contribution in [2.45, 2.75) is 97.9 Å². The summed E-state index contributed by atoms with van der Waals surface area (Å²) in [7, 11) is 0. The Balaban J connectivity index is 1.26. The maximum atomic E-state index is 12.8. The average Bonchev–Trinajstić information content (AvgIpc) is 3.48. The molecule has 0 spiro atoms. The Hall–Kier alpha value is -1.69. The summed E-state index contributed by atoms with van der Waals surface area (Å²) in [4.78, 5) is 32.1. The highest BCUT2D eigenvalue weighted by Crippen LogP contribution is 2.66. The second-order valence-electron chi connectivity index (χ2n) is 12.6. The van der Waals surface area contributed by atoms with E-state index >= 15 is 0 Å². The lowest BCUT2D eigenvalue weighted by Gasteiger charge is -2.58. The van der Waals surface area contributed by atoms with E-state index in [-0.39, 0.29) is 16.9 Å². The lowest BCUT2D eigenvalue weighted by molar-refractivity contribution is -0.117. The molecule has 4 fully saturated rings. The molecule has 1 unspecified atom stereocenters. The summed E-state index contributed by atoms with van der Waals surface area (Å²) in [6.07, 6.45) is 12.8. The second-order valence-corrected chi connectivity index (χ2v) is 12.6. The zero-order chi connectivity index (χ0) is 24.8. The smallest absolute Gasteiger partial charge is 0.312 e. The van der Waals surface area contributed by atoms with E-state index in [1.54, 1.807) is 4.90 Å². The third-order valence-electron chi connectivity index (χ3n) is 11.0. The van der Waals surface area contributed by atoms with Crippen LogP contribution in [0.15, 0.2) is 16.8 Å². The fourth-order valence-electron chi connectivity index (χ4n) is 8.99. The van der Waals surface area contributed by atoms with Crippen molar-refractivity contribution >= 4 is 17.6 Å². The molecule has 0 aromatic carbocycles. The Morgan fingerprint density at radius 1 is 1.14 bits per heavy atom. The summed E-state index contributed by atoms with van der Waals surface area (Å²) in [6.45, 7) is 11.4. The number of ketones is 1. The predicted molar refractivity (Wildman–Crippen MR) is 138 cm³/mol. The maximum Gasteiger partial charge on any atom is 0.436 e. The van der Waals surface area contributed by atoms with Crippen molar-refractivity contribution in [2.75, 3.05) is 19.6 Å². The van der Waals surface area contributed by atoms with Gasteiger partial charge in [0.2, 0.25) is 0 Å². The van der Waals surface area contributed by atoms with Gasteiger partial charge in [0.05, 0.1) is 5.71 Å². The monoisotopic (exact) mass is 483 g/mol. The van der Waals surface area contributed by atoms with Gasteiger partial charge in [0.15, 0.2) is 5.78 Å². The van der Waals surface area contributed by atoms with Gasteiger partial charge in [0.1, 0.15) is 0 Å². The first-order valence-electron chi connectivity index (χ1n) is 14.2. The molecular formula is C29H45N3O3. The highest BCUT2D eigenvalue weighted by atomic mass is 16.7. The number of amides is 1. The van der Waals surface area contributed by atoms with Crippen LogP contribution in [0, 0.1) is 34.5 Å². The number of likely N-dealkylation sites (N-methyl/N-ethyl adjacent to an activating group) is 1. The molecule has 0 bridgehead atoms. The Morgan fingerprint density at radius 2 is 1.97 bits per heavy atom. The van der Waals surface area contributed by atoms with Crippen LogP contribution < -0.4 is 5.32 Å². The van der Waals surface area contributed by atoms with Crippen molar-refractivity contribution < 1.29 is 14.4 Å². The van der Waals surface area contributed by atoms with Crippen molar-refractivity contribution in [1.82, 2.24) is 10.2 Å². The molecule has 35 heavy (non-hydrogen) atoms. The van der Waals surface area contributed by atoms with E-state index in [4.69, 9.17) is 4.84 Å². The van der Waals surface area contributed by atoms with E-state index in [1.807, 2.05) is 13.0 Å². The third-order valence-corrected chi connectivity index (χ3v) is 11.0. The number of nitrogens with zero attached hydrogens (tertiary/aromatic N) is 2. The van der Waals surface area contributed by atoms with E-state index in [2.05, 4.69) is 31.2 Å². The first kappa shape index (κ1) is 25.0. The molecule has 3 saturated carbocycles. The average molecular weight is 484 g/mol. The van der Waals surface area contributed by atoms with Crippen LogP contribution in [0.25, 0.3) is 0 Å². The summed E-state index contributed by atoms with van der Waals surface area (Å²) in [5, 5.41) is 7.90. The molecule has 1 N–H and O–H groups in total. The molecule has 5 rings (SSSR count). The molecule has 6 heteroatoms. The van der Waals surface area contributed by atoms with E-state index in [0.29, 0.717) is 42.7 Å². The first-order chi connectivity index (χ1) is 16.8. The summed E-state index contributed by atoms with van der Waals surface area (Å²) in [5.41, 5.74) is 2.86. The minimum absolute atomic E-state index is 0.215. The van der Waals surface area contributed by atoms with Gasteiger partial charge in [0.25, 0.3) is 0 Å². The van der Waals surface area contributed by atoms with E-state index in [9.17, 15) is 9.59 Å². The zero-order valence-electron chi connectivity index (χ0n) is 22.3. The van der Waals surface area contributed by atoms with Crippen molar-refractivity contribution in [3.63, 3.8) is 0 Å². The Kier molecular flexibility index (Phi) is 6.88. The van der Waals surface area contributed by atoms with Gasteiger partial charge in [-0.1, -0.05) is 24.6 Å². The van der Waals surface area contributed by atoms with Crippen LogP contribution in [0.2, 0.25) is 0 Å². The van der Waals surface area contributed by atoms with E-state index in [0.717, 1.165) is 50.3 Å². The number of carbonyl (C=O) groups excluding carboxylic acids is 2. The van der Waals surface area contributed by atoms with Crippen LogP contribution in [0.5, 0.6) is 0 Å². The molecule has 0 radical (unpaired) electrons. The molecule has 5 aliphatic rings. The molecule has 0 aromatic rings. The molecule has 1 aliphatic heterocycles. The van der Waals surface area contributed by atoms with Crippen LogP contribution in [-0.2, 0) is 9.63 Å². The number of allylic oxidation sites excluding steroid dienone is 1. The number of hydrogen-bond donors (Lipinski definition) is 1. The van der Waals surface area contributed by atoms with Gasteiger partial charge in [-0.05, 0) is 113 Å². The summed E-state index contributed by atoms with van der Waals surface area (Å²) in [5.74, 6) is 2.85. The molecule has 1 heterocycles. The molecule has 1 amide bonds. The number of oxime groups is 1. The van der Waals surface area contributed by atoms with Gasteiger partial charge < -0.3 is 10.2 Å². The van der Waals surface area contributed by atoms with Crippen LogP contribution in [0.1, 0.15) is 91.9 Å². The van der Waals surface area contributed by atoms with Crippen LogP contribution in [0.3, 0.4) is 0 Å². The van der Waals surface area contributed by atoms with Gasteiger partial charge in [-0.2, -0.15) is 0 Å². The fourth-order valence-corrected chi connectivity index (χ4v) is 8.99. The highest BCUT2D eigenvalue weighted by molar-refractivity contribution is 5.91. The largest absolute Gasteiger partial charge is 0.436 e. The summed E-state index contributed by atoms with van der Waals surface area (Å²) < 4.78 is 0. The minimum atomic E-state index is -0.324. The van der Waals surface area contributed by atoms with Crippen LogP contribution in [-0.4, -0.2) is 48.2 Å². The second kappa shape index (κ2) is 9.64. The number of hydrogen-bond acceptors (Lipinski definition) is 5. The van der Waals surface area contributed by atoms with Crippen molar-refractivity contribution in [3.8, 4) is 0 Å². The van der Waals surface area contributed by atoms with Crippen molar-refractivity contribution in [3.05, 3.63) is 11.6 Å². The zero-order valence-corrected chi connectivity index (χ0v) is 22.3. The standard InChI is InChI=1S/C29H45N3O3/c1-5-32(18-21-7-6-16-30-21)27(34)35-31-19(2)24-10-11-25-23-9-8-20-17-22(33)12-14-28(20,3)26(23)13-15-29(24,25)4/h17,21,23-26,30H,5-16,18H2,1-4H3/b31-19+/t21?,23-,24+,25-,26-,28-,29+/m0/s1. The van der Waals surface area contributed by atoms with Crippen LogP contribution >= 0.6 is 0 Å². The van der Waals surface area contributed by atoms with E-state index in [1.165, 1.54) is 37.7 Å². The SMILES string of the molecule is CCN(CC1CCCN1)C(=O)O/N=C(\C)[C@H]1CC[C@H]2[C@@H]3CCC4=CC(=O)CC[C@]4(C)[C@H]3CC[C@]12C. The third kappa shape index (κ3) is 4.38. The molecule has 7 atom stereocenters. The summed E-state index contributed by atoms with van der Waals surface area (Å²) >= 11 is 0. The van der Waals surface area contributed by atoms with Crippen molar-refractivity contribution in [2.24, 2.45) is 39.7 Å². The highest BCUT2D eigenvalue weighted by Gasteiger charge is 2.59. The minimum Gasteiger partial charge on any atom is -0.312 e. The molecule has 1 saturated heterocycles. The molecule has 194 valence electrons. The Bertz CT molecular complexity index is 907. The molecule has 4 aliphatic carbocycles. The lowest BCUT2D eigenvalue weighted by Crippen LogP contribution is -2.51. The van der Waals surface area contributed by atoms with E-state index < -0.39 is 0 Å². The van der Waals surface area contributed by atoms with Crippen molar-refractivity contribution in [1.29, 1.82) is 0 Å². The topological polar surface area (TPSA) is 71.0 Å². The van der Waals surface area contributed by atoms with Gasteiger partial charge >= 0.3 is 6.09 Å². The summed E-state index contributed by atoms with van der Waals surface area (Å²) in [6, 6.07) is 0.368. The molecule has 0 aromatic heterocycles. The number of fused-ring (bicyclic) bond motifs is 5. The Morgan fingerprint density at radius 3 is 2.71 bits per heavy atom. The molecular weight excluding hydrogens is 438 g/mol. The maximum absolute atomic E-state index is 12.8. The predicted octanol–water partition coefficient (Wildman–Crippen LogP) is 5.72. The quantitative estimate of drug-likeness (QED) is 0.308. The normalized spacial score (nSPS) is 41.0. The number of carbonyl (C=O) groups is 2. The Labute approximate surface area is 211 Å². The van der Waals surface area contributed by atoms with Gasteiger partial charge in [-0.15, -0.1) is 0 Å². The van der Waals surface area contributed by atoms with Crippen LogP contribution in [0.4, 0.5) is 4.79 Å². The van der Waals surface area contributed by atoms with Gasteiger partial charge in [0, 0.05) is 31.5 Å². The van der Waals surface area contributed by atoms with Gasteiger partial charge in [-0.25, -0.2) is 4.79 Å². The first-order valence-corrected chi connectivity index (χ1v) is 14.2. The lowest BCUT2D eigenvalue weighted by atomic mass is 9.46. The number of rotatable bonds is 5. The fraction of sp³-hybridized carbons (Fsp3) is 0.828. The molecule has 6 nitrogen and oxygen atoms in total. The number of nitrogens with one attached hydrogen (secondary N) is 1. The van der Waals surface area contributed by atoms with Gasteiger partial charge in [-0.3, -0.25) is 9.63 Å².